The van der Waals surface area contributed by atoms with Gasteiger partial charge in [0, 0.05) is 18.2 Å². The molecule has 132 valence electrons. The Bertz CT molecular complexity index is 828. The van der Waals surface area contributed by atoms with Crippen molar-refractivity contribution in [2.24, 2.45) is 0 Å². The number of aromatic nitrogens is 4. The van der Waals surface area contributed by atoms with Gasteiger partial charge in [-0.25, -0.2) is 4.39 Å². The lowest BCUT2D eigenvalue weighted by Crippen LogP contribution is -2.24. The highest BCUT2D eigenvalue weighted by molar-refractivity contribution is 5.59. The predicted octanol–water partition coefficient (Wildman–Crippen LogP) is 3.53. The molecule has 3 aromatic rings. The Balaban J connectivity index is 1.52. The maximum Gasteiger partial charge on any atom is 0.233 e. The molecule has 0 amide bonds. The number of H-pyrrole nitrogens is 1. The van der Waals surface area contributed by atoms with E-state index >= 15 is 0 Å². The summed E-state index contributed by atoms with van der Waals surface area (Å²) in [6.45, 7) is 4.72. The number of halogens is 1. The van der Waals surface area contributed by atoms with Crippen LogP contribution >= 0.6 is 0 Å². The fraction of sp³-hybridized carbons (Fsp3) is 0.389. The summed E-state index contributed by atoms with van der Waals surface area (Å²) in [5.74, 6) is 0.960. The minimum absolute atomic E-state index is 0.0748. The maximum atomic E-state index is 13.3. The van der Waals surface area contributed by atoms with E-state index < -0.39 is 0 Å². The first kappa shape index (κ1) is 17.3. The molecule has 1 atom stereocenters. The smallest absolute Gasteiger partial charge is 0.233 e. The molecule has 0 radical (unpaired) electrons. The molecule has 0 saturated heterocycles. The van der Waals surface area contributed by atoms with Crippen molar-refractivity contribution in [1.29, 1.82) is 0 Å². The zero-order valence-corrected chi connectivity index (χ0v) is 14.7. The van der Waals surface area contributed by atoms with E-state index in [2.05, 4.69) is 25.3 Å². The number of rotatable bonds is 7. The van der Waals surface area contributed by atoms with Crippen LogP contribution < -0.4 is 0 Å². The molecular weight excluding hydrogens is 321 g/mol. The number of nitrogens with one attached hydrogen (secondary N) is 1. The summed E-state index contributed by atoms with van der Waals surface area (Å²) < 4.78 is 18.8. The van der Waals surface area contributed by atoms with Gasteiger partial charge in [0.25, 0.3) is 0 Å². The Labute approximate surface area is 146 Å². The van der Waals surface area contributed by atoms with Crippen LogP contribution in [0.1, 0.15) is 36.9 Å². The highest BCUT2D eigenvalue weighted by Gasteiger charge is 2.17. The maximum absolute atomic E-state index is 13.3. The van der Waals surface area contributed by atoms with Gasteiger partial charge in [0.2, 0.25) is 11.8 Å². The van der Waals surface area contributed by atoms with Crippen LogP contribution in [0.15, 0.2) is 34.7 Å². The molecule has 1 aromatic carbocycles. The first-order valence-corrected chi connectivity index (χ1v) is 8.33. The lowest BCUT2D eigenvalue weighted by molar-refractivity contribution is 0.220. The summed E-state index contributed by atoms with van der Waals surface area (Å²) in [7, 11) is 2.04. The van der Waals surface area contributed by atoms with E-state index in [0.29, 0.717) is 11.8 Å². The van der Waals surface area contributed by atoms with Gasteiger partial charge in [-0.2, -0.15) is 5.10 Å². The standard InChI is InChI=1S/C18H22FN5O/c1-12(18-23-20-13(2)25-18)24(3)9-5-8-16-11-17(22-21-16)14-6-4-7-15(19)10-14/h4,6-7,10-12H,5,8-9H2,1-3H3,(H,21,22). The average Bonchev–Trinajstić information content (AvgIpc) is 3.23. The second-order valence-electron chi connectivity index (χ2n) is 6.21. The number of aromatic amines is 1. The van der Waals surface area contributed by atoms with Crippen LogP contribution in [-0.2, 0) is 6.42 Å². The fourth-order valence-electron chi connectivity index (χ4n) is 2.67. The van der Waals surface area contributed by atoms with Gasteiger partial charge in [0.05, 0.1) is 11.7 Å². The number of benzene rings is 1. The van der Waals surface area contributed by atoms with Crippen molar-refractivity contribution >= 4 is 0 Å². The molecule has 0 saturated carbocycles. The van der Waals surface area contributed by atoms with Gasteiger partial charge in [-0.05, 0) is 51.6 Å². The van der Waals surface area contributed by atoms with E-state index in [9.17, 15) is 4.39 Å². The van der Waals surface area contributed by atoms with Crippen LogP contribution in [0.2, 0.25) is 0 Å². The third-order valence-electron chi connectivity index (χ3n) is 4.27. The van der Waals surface area contributed by atoms with E-state index in [1.165, 1.54) is 12.1 Å². The highest BCUT2D eigenvalue weighted by Crippen LogP contribution is 2.20. The monoisotopic (exact) mass is 343 g/mol. The van der Waals surface area contributed by atoms with Crippen LogP contribution in [0.3, 0.4) is 0 Å². The van der Waals surface area contributed by atoms with Crippen molar-refractivity contribution in [3.8, 4) is 11.3 Å². The lowest BCUT2D eigenvalue weighted by Gasteiger charge is -2.21. The van der Waals surface area contributed by atoms with Crippen LogP contribution in [0.5, 0.6) is 0 Å². The molecule has 6 nitrogen and oxygen atoms in total. The average molecular weight is 343 g/mol. The third kappa shape index (κ3) is 4.30. The number of hydrogen-bond donors (Lipinski definition) is 1. The van der Waals surface area contributed by atoms with Gasteiger partial charge in [0.1, 0.15) is 5.82 Å². The van der Waals surface area contributed by atoms with Gasteiger partial charge in [-0.3, -0.25) is 10.00 Å². The molecule has 2 aromatic heterocycles. The summed E-state index contributed by atoms with van der Waals surface area (Å²) in [4.78, 5) is 2.18. The van der Waals surface area contributed by atoms with E-state index in [4.69, 9.17) is 4.42 Å². The van der Waals surface area contributed by atoms with Crippen molar-refractivity contribution in [3.05, 3.63) is 53.6 Å². The Morgan fingerprint density at radius 2 is 2.12 bits per heavy atom. The molecule has 0 aliphatic carbocycles. The van der Waals surface area contributed by atoms with Crippen molar-refractivity contribution < 1.29 is 8.81 Å². The van der Waals surface area contributed by atoms with Crippen LogP contribution in [0.4, 0.5) is 4.39 Å². The Morgan fingerprint density at radius 3 is 2.84 bits per heavy atom. The topological polar surface area (TPSA) is 70.8 Å². The predicted molar refractivity (Wildman–Crippen MR) is 92.4 cm³/mol. The third-order valence-corrected chi connectivity index (χ3v) is 4.27. The minimum Gasteiger partial charge on any atom is -0.424 e. The number of hydrogen-bond acceptors (Lipinski definition) is 5. The molecular formula is C18H22FN5O. The van der Waals surface area contributed by atoms with Gasteiger partial charge in [-0.15, -0.1) is 10.2 Å². The lowest BCUT2D eigenvalue weighted by atomic mass is 10.1. The van der Waals surface area contributed by atoms with Crippen LogP contribution in [0.25, 0.3) is 11.3 Å². The molecule has 0 spiro atoms. The van der Waals surface area contributed by atoms with E-state index in [0.717, 1.165) is 36.3 Å². The zero-order valence-electron chi connectivity index (χ0n) is 14.7. The summed E-state index contributed by atoms with van der Waals surface area (Å²) in [6, 6.07) is 8.51. The van der Waals surface area contributed by atoms with Gasteiger partial charge in [-0.1, -0.05) is 12.1 Å². The molecule has 0 fully saturated rings. The van der Waals surface area contributed by atoms with Crippen molar-refractivity contribution in [2.75, 3.05) is 13.6 Å². The minimum atomic E-state index is -0.256. The molecule has 3 rings (SSSR count). The van der Waals surface area contributed by atoms with Crippen molar-refractivity contribution in [3.63, 3.8) is 0 Å². The molecule has 0 aliphatic rings. The number of nitrogens with zero attached hydrogens (tertiary/aromatic N) is 4. The van der Waals surface area contributed by atoms with Gasteiger partial charge in [0.15, 0.2) is 0 Å². The second-order valence-corrected chi connectivity index (χ2v) is 6.21. The number of aryl methyl sites for hydroxylation is 2. The molecule has 7 heteroatoms. The summed E-state index contributed by atoms with van der Waals surface area (Å²) >= 11 is 0. The molecule has 2 heterocycles. The van der Waals surface area contributed by atoms with Crippen molar-refractivity contribution in [1.82, 2.24) is 25.3 Å². The largest absolute Gasteiger partial charge is 0.424 e. The quantitative estimate of drug-likeness (QED) is 0.710. The summed E-state index contributed by atoms with van der Waals surface area (Å²) in [5, 5.41) is 15.2. The normalized spacial score (nSPS) is 12.7. The molecule has 1 N–H and O–H groups in total. The van der Waals surface area contributed by atoms with E-state index in [-0.39, 0.29) is 11.9 Å². The Kier molecular flexibility index (Phi) is 5.23. The molecule has 1 unspecified atom stereocenters. The molecule has 25 heavy (non-hydrogen) atoms. The van der Waals surface area contributed by atoms with E-state index in [1.54, 1.807) is 13.0 Å². The zero-order chi connectivity index (χ0) is 17.8. The van der Waals surface area contributed by atoms with E-state index in [1.807, 2.05) is 26.1 Å². The van der Waals surface area contributed by atoms with Crippen LogP contribution in [0, 0.1) is 12.7 Å². The molecule has 0 aliphatic heterocycles. The summed E-state index contributed by atoms with van der Waals surface area (Å²) in [5.41, 5.74) is 2.58. The fourth-order valence-corrected chi connectivity index (χ4v) is 2.67. The molecule has 0 bridgehead atoms. The van der Waals surface area contributed by atoms with Crippen molar-refractivity contribution in [2.45, 2.75) is 32.7 Å². The SMILES string of the molecule is Cc1nnc(C(C)N(C)CCCc2cc(-c3cccc(F)c3)n[nH]2)o1. The Hall–Kier alpha value is -2.54. The summed E-state index contributed by atoms with van der Waals surface area (Å²) in [6.07, 6.45) is 1.82. The Morgan fingerprint density at radius 1 is 1.28 bits per heavy atom. The first-order chi connectivity index (χ1) is 12.0. The van der Waals surface area contributed by atoms with Gasteiger partial charge >= 0.3 is 0 Å². The second kappa shape index (κ2) is 7.57. The first-order valence-electron chi connectivity index (χ1n) is 8.33. The highest BCUT2D eigenvalue weighted by atomic mass is 19.1. The van der Waals surface area contributed by atoms with Crippen LogP contribution in [-0.4, -0.2) is 38.9 Å². The van der Waals surface area contributed by atoms with Gasteiger partial charge < -0.3 is 4.42 Å².